The molecule has 1 aliphatic heterocycles. The molecule has 1 fully saturated rings. The number of carbonyl (C=O) groups excluding carboxylic acids is 3. The molecule has 14 heteroatoms. The van der Waals surface area contributed by atoms with E-state index < -0.39 is 45.6 Å². The number of nitrogens with zero attached hydrogens (tertiary/aromatic N) is 2. The van der Waals surface area contributed by atoms with E-state index in [9.17, 15) is 40.7 Å². The second-order valence-electron chi connectivity index (χ2n) is 8.92. The molecule has 1 saturated heterocycles. The molecule has 2 aromatic carbocycles. The monoisotopic (exact) mass is 605 g/mol. The Bertz CT molecular complexity index is 1380. The van der Waals surface area contributed by atoms with Gasteiger partial charge in [-0.3, -0.25) is 14.4 Å². The molecule has 0 spiro atoms. The Balaban J connectivity index is 1.67. The first kappa shape index (κ1) is 29.6. The molecule has 0 saturated carbocycles. The lowest BCUT2D eigenvalue weighted by molar-refractivity contribution is -1.11. The number of hydrogen-bond acceptors (Lipinski definition) is 5. The smallest absolute Gasteiger partial charge is 0.326 e. The van der Waals surface area contributed by atoms with E-state index in [1.165, 1.54) is 4.90 Å². The summed E-state index contributed by atoms with van der Waals surface area (Å²) >= 11 is 6.39. The normalized spacial score (nSPS) is 16.3. The minimum atomic E-state index is -5.29. The zero-order valence-corrected chi connectivity index (χ0v) is 21.9. The van der Waals surface area contributed by atoms with Crippen LogP contribution in [-0.2, 0) is 9.63 Å². The fourth-order valence-electron chi connectivity index (χ4n) is 4.51. The molecule has 212 valence electrons. The maximum absolute atomic E-state index is 13.4. The maximum atomic E-state index is 13.4. The third-order valence-electron chi connectivity index (χ3n) is 6.35. The van der Waals surface area contributed by atoms with Crippen molar-refractivity contribution < 1.29 is 50.2 Å². The van der Waals surface area contributed by atoms with Crippen molar-refractivity contribution in [2.24, 2.45) is 0 Å². The second kappa shape index (κ2) is 11.2. The fraction of sp³-hybridized carbons (Fsp3) is 0.269. The molecule has 6 nitrogen and oxygen atoms in total. The van der Waals surface area contributed by atoms with E-state index in [0.717, 1.165) is 12.1 Å². The summed E-state index contributed by atoms with van der Waals surface area (Å²) in [6.07, 6.45) is -10.4. The third-order valence-corrected chi connectivity index (χ3v) is 7.67. The van der Waals surface area contributed by atoms with Crippen molar-refractivity contribution in [2.45, 2.75) is 18.4 Å². The van der Waals surface area contributed by atoms with Crippen LogP contribution in [0.15, 0.2) is 66.7 Å². The van der Waals surface area contributed by atoms with Gasteiger partial charge in [0.1, 0.15) is 13.1 Å². The lowest BCUT2D eigenvalue weighted by Crippen LogP contribution is -2.63. The number of carbonyl (C=O) groups is 3. The van der Waals surface area contributed by atoms with Crippen molar-refractivity contribution in [3.05, 3.63) is 92.6 Å². The molecule has 1 amide bonds. The van der Waals surface area contributed by atoms with Crippen LogP contribution in [-0.4, -0.2) is 65.7 Å². The van der Waals surface area contributed by atoms with E-state index >= 15 is 0 Å². The van der Waals surface area contributed by atoms with Gasteiger partial charge in [-0.25, -0.2) is 4.79 Å². The fourth-order valence-corrected chi connectivity index (χ4v) is 5.57. The van der Waals surface area contributed by atoms with Crippen molar-refractivity contribution in [2.75, 3.05) is 26.2 Å². The van der Waals surface area contributed by atoms with Gasteiger partial charge in [0.15, 0.2) is 6.04 Å². The van der Waals surface area contributed by atoms with Gasteiger partial charge in [0.25, 0.3) is 11.7 Å². The van der Waals surface area contributed by atoms with E-state index in [1.807, 2.05) is 0 Å². The van der Waals surface area contributed by atoms with Crippen molar-refractivity contribution in [1.29, 1.82) is 0 Å². The molecule has 0 radical (unpaired) electrons. The number of alkyl halides is 6. The Kier molecular flexibility index (Phi) is 8.29. The van der Waals surface area contributed by atoms with Gasteiger partial charge in [-0.15, -0.1) is 16.0 Å². The molecule has 0 N–H and O–H groups in total. The molecule has 3 aromatic rings. The Morgan fingerprint density at radius 3 is 1.90 bits per heavy atom. The summed E-state index contributed by atoms with van der Waals surface area (Å²) in [4.78, 5) is 42.4. The van der Waals surface area contributed by atoms with E-state index in [2.05, 4.69) is 0 Å². The predicted octanol–water partition coefficient (Wildman–Crippen LogP) is 6.23. The first-order chi connectivity index (χ1) is 18.7. The quantitative estimate of drug-likeness (QED) is 0.190. The van der Waals surface area contributed by atoms with Crippen molar-refractivity contribution >= 4 is 40.6 Å². The van der Waals surface area contributed by atoms with Gasteiger partial charge in [-0.2, -0.15) is 26.3 Å². The second-order valence-corrected chi connectivity index (χ2v) is 10.4. The summed E-state index contributed by atoms with van der Waals surface area (Å²) < 4.78 is 77.7. The Morgan fingerprint density at radius 1 is 0.800 bits per heavy atom. The average Bonchev–Trinajstić information content (AvgIpc) is 3.39. The lowest BCUT2D eigenvalue weighted by Gasteiger charge is -2.45. The van der Waals surface area contributed by atoms with Gasteiger partial charge in [-0.1, -0.05) is 54.1 Å². The SMILES string of the molecule is O=C(c1ccc(C(=O)C(F)(F)F)s1)N1CC[N+](OC(=O)C(F)(F)F)(C(c2ccccc2)c2ccc(Cl)cc2)CC1. The number of benzene rings is 2. The van der Waals surface area contributed by atoms with Crippen molar-refractivity contribution in [3.63, 3.8) is 0 Å². The topological polar surface area (TPSA) is 63.7 Å². The highest BCUT2D eigenvalue weighted by Gasteiger charge is 2.53. The number of Topliss-reactive ketones (excluding diaryl/α,β-unsaturated/α-hetero) is 1. The van der Waals surface area contributed by atoms with Gasteiger partial charge in [0.05, 0.1) is 22.8 Å². The number of quaternary nitrogens is 1. The Labute approximate surface area is 232 Å². The number of thiophene rings is 1. The van der Waals surface area contributed by atoms with Crippen LogP contribution < -0.4 is 0 Å². The number of ketones is 1. The molecule has 40 heavy (non-hydrogen) atoms. The van der Waals surface area contributed by atoms with Gasteiger partial charge >= 0.3 is 18.3 Å². The number of amides is 1. The molecular formula is C26H20ClF6N2O4S+. The number of piperazine rings is 1. The summed E-state index contributed by atoms with van der Waals surface area (Å²) in [5.74, 6) is -5.19. The van der Waals surface area contributed by atoms with Crippen molar-refractivity contribution in [3.8, 4) is 0 Å². The van der Waals surface area contributed by atoms with Crippen LogP contribution >= 0.6 is 22.9 Å². The lowest BCUT2D eigenvalue weighted by atomic mass is 9.95. The van der Waals surface area contributed by atoms with Crippen LogP contribution in [0.1, 0.15) is 36.5 Å². The van der Waals surface area contributed by atoms with Crippen LogP contribution in [0.5, 0.6) is 0 Å². The van der Waals surface area contributed by atoms with Gasteiger partial charge in [0, 0.05) is 16.1 Å². The summed E-state index contributed by atoms with van der Waals surface area (Å²) in [7, 11) is 0. The van der Waals surface area contributed by atoms with Crippen LogP contribution in [0.3, 0.4) is 0 Å². The molecule has 1 unspecified atom stereocenters. The molecule has 1 aromatic heterocycles. The van der Waals surface area contributed by atoms with Gasteiger partial charge < -0.3 is 4.90 Å². The average molecular weight is 606 g/mol. The van der Waals surface area contributed by atoms with Crippen LogP contribution in [0.2, 0.25) is 5.02 Å². The summed E-state index contributed by atoms with van der Waals surface area (Å²) in [5, 5.41) is 0.379. The minimum Gasteiger partial charge on any atom is -0.326 e. The highest BCUT2D eigenvalue weighted by molar-refractivity contribution is 7.16. The van der Waals surface area contributed by atoms with E-state index in [-0.39, 0.29) is 31.1 Å². The minimum absolute atomic E-state index is 0.141. The van der Waals surface area contributed by atoms with Crippen molar-refractivity contribution in [1.82, 2.24) is 4.90 Å². The molecule has 4 rings (SSSR count). The zero-order chi connectivity index (χ0) is 29.3. The first-order valence-corrected chi connectivity index (χ1v) is 12.9. The predicted molar refractivity (Wildman–Crippen MR) is 132 cm³/mol. The van der Waals surface area contributed by atoms with Crippen LogP contribution in [0.4, 0.5) is 26.3 Å². The summed E-state index contributed by atoms with van der Waals surface area (Å²) in [6, 6.07) is 15.8. The number of hydroxylamine groups is 3. The molecule has 2 heterocycles. The van der Waals surface area contributed by atoms with Gasteiger partial charge in [0.2, 0.25) is 0 Å². The Hall–Kier alpha value is -3.42. The van der Waals surface area contributed by atoms with Crippen LogP contribution in [0.25, 0.3) is 0 Å². The molecular weight excluding hydrogens is 586 g/mol. The third kappa shape index (κ3) is 6.31. The maximum Gasteiger partial charge on any atom is 0.497 e. The molecule has 0 aliphatic carbocycles. The first-order valence-electron chi connectivity index (χ1n) is 11.7. The van der Waals surface area contributed by atoms with Crippen LogP contribution in [0, 0.1) is 0 Å². The molecule has 0 bridgehead atoms. The Morgan fingerprint density at radius 2 is 1.35 bits per heavy atom. The molecule has 1 aliphatic rings. The van der Waals surface area contributed by atoms with E-state index in [0.29, 0.717) is 27.5 Å². The number of halogens is 7. The number of hydrogen-bond donors (Lipinski definition) is 0. The van der Waals surface area contributed by atoms with E-state index in [4.69, 9.17) is 16.4 Å². The highest BCUT2D eigenvalue weighted by Crippen LogP contribution is 2.39. The highest BCUT2D eigenvalue weighted by atomic mass is 35.5. The standard InChI is InChI=1S/C26H20ClF6N2O4S/c27-18-8-6-17(7-9-18)21(16-4-2-1-3-5-16)35(39-24(38)26(31,32)33)14-12-34(13-15-35)23(37)20-11-10-19(40-20)22(36)25(28,29)30/h1-11,21H,12-15H2/q+1. The number of rotatable bonds is 6. The largest absolute Gasteiger partial charge is 0.497 e. The summed E-state index contributed by atoms with van der Waals surface area (Å²) in [5.41, 5.74) is 1.03. The van der Waals surface area contributed by atoms with Gasteiger partial charge in [-0.05, 0) is 24.3 Å². The van der Waals surface area contributed by atoms with E-state index in [1.54, 1.807) is 54.6 Å². The zero-order valence-electron chi connectivity index (χ0n) is 20.3. The molecule has 1 atom stereocenters. The summed E-state index contributed by atoms with van der Waals surface area (Å²) in [6.45, 7) is -0.923.